The van der Waals surface area contributed by atoms with Crippen molar-refractivity contribution in [3.8, 4) is 0 Å². The van der Waals surface area contributed by atoms with Gasteiger partial charge in [-0.1, -0.05) is 0 Å². The first-order valence-electron chi connectivity index (χ1n) is 5.81. The number of rotatable bonds is 2. The lowest BCUT2D eigenvalue weighted by Gasteiger charge is -2.24. The van der Waals surface area contributed by atoms with Crippen LogP contribution in [0.25, 0.3) is 0 Å². The zero-order chi connectivity index (χ0) is 10.3. The highest BCUT2D eigenvalue weighted by Crippen LogP contribution is 2.32. The van der Waals surface area contributed by atoms with Gasteiger partial charge >= 0.3 is 0 Å². The quantitative estimate of drug-likeness (QED) is 0.794. The molecule has 3 nitrogen and oxygen atoms in total. The van der Waals surface area contributed by atoms with E-state index in [9.17, 15) is 0 Å². The summed E-state index contributed by atoms with van der Waals surface area (Å²) in [5.41, 5.74) is 1.31. The fourth-order valence-corrected chi connectivity index (χ4v) is 2.93. The number of hydrogen-bond donors (Lipinski definition) is 1. The number of nitrogens with one attached hydrogen (secondary N) is 1. The minimum Gasteiger partial charge on any atom is -0.472 e. The zero-order valence-corrected chi connectivity index (χ0v) is 9.15. The van der Waals surface area contributed by atoms with Gasteiger partial charge in [0, 0.05) is 24.7 Å². The molecular formula is C12H18N2O. The van der Waals surface area contributed by atoms with Crippen LogP contribution in [0.15, 0.2) is 23.0 Å². The van der Waals surface area contributed by atoms with E-state index in [-0.39, 0.29) is 0 Å². The first kappa shape index (κ1) is 9.43. The fraction of sp³-hybridized carbons (Fsp3) is 0.667. The van der Waals surface area contributed by atoms with Crippen LogP contribution in [-0.4, -0.2) is 31.1 Å². The normalized spacial score (nSPS) is 33.1. The second-order valence-electron chi connectivity index (χ2n) is 4.86. The van der Waals surface area contributed by atoms with Crippen LogP contribution >= 0.6 is 0 Å². The lowest BCUT2D eigenvalue weighted by molar-refractivity contribution is 0.243. The van der Waals surface area contributed by atoms with Gasteiger partial charge in [0.1, 0.15) is 0 Å². The summed E-state index contributed by atoms with van der Waals surface area (Å²) < 4.78 is 5.15. The summed E-state index contributed by atoms with van der Waals surface area (Å²) in [7, 11) is 0. The third-order valence-corrected chi connectivity index (χ3v) is 3.99. The van der Waals surface area contributed by atoms with Crippen molar-refractivity contribution in [1.29, 1.82) is 0 Å². The number of nitrogens with zero attached hydrogens (tertiary/aromatic N) is 1. The largest absolute Gasteiger partial charge is 0.472 e. The molecule has 2 saturated heterocycles. The van der Waals surface area contributed by atoms with Gasteiger partial charge in [-0.15, -0.1) is 0 Å². The van der Waals surface area contributed by atoms with E-state index < -0.39 is 0 Å². The van der Waals surface area contributed by atoms with Gasteiger partial charge in [0.05, 0.1) is 12.5 Å². The van der Waals surface area contributed by atoms with Gasteiger partial charge < -0.3 is 9.73 Å². The van der Waals surface area contributed by atoms with Gasteiger partial charge in [-0.2, -0.15) is 0 Å². The summed E-state index contributed by atoms with van der Waals surface area (Å²) in [5, 5.41) is 3.47. The highest BCUT2D eigenvalue weighted by molar-refractivity contribution is 5.12. The van der Waals surface area contributed by atoms with E-state index >= 15 is 0 Å². The molecular weight excluding hydrogens is 188 g/mol. The predicted octanol–water partition coefficient (Wildman–Crippen LogP) is 1.49. The van der Waals surface area contributed by atoms with Crippen molar-refractivity contribution in [2.75, 3.05) is 26.2 Å². The fourth-order valence-electron chi connectivity index (χ4n) is 2.93. The monoisotopic (exact) mass is 206 g/mol. The topological polar surface area (TPSA) is 28.4 Å². The van der Waals surface area contributed by atoms with Crippen molar-refractivity contribution in [3.05, 3.63) is 24.2 Å². The van der Waals surface area contributed by atoms with E-state index in [1.165, 1.54) is 31.7 Å². The Kier molecular flexibility index (Phi) is 2.29. The highest BCUT2D eigenvalue weighted by Gasteiger charge is 2.37. The van der Waals surface area contributed by atoms with Gasteiger partial charge in [-0.05, 0) is 37.9 Å². The first-order chi connectivity index (χ1) is 7.34. The molecule has 82 valence electrons. The number of likely N-dealkylation sites (tertiary alicyclic amines) is 1. The summed E-state index contributed by atoms with van der Waals surface area (Å²) in [6, 6.07) is 2.59. The van der Waals surface area contributed by atoms with E-state index in [2.05, 4.69) is 23.2 Å². The Morgan fingerprint density at radius 3 is 2.73 bits per heavy atom. The van der Waals surface area contributed by atoms with Crippen LogP contribution in [0.4, 0.5) is 0 Å². The molecule has 2 aliphatic rings. The molecule has 1 unspecified atom stereocenters. The summed E-state index contributed by atoms with van der Waals surface area (Å²) in [6.45, 7) is 7.17. The smallest absolute Gasteiger partial charge is 0.0950 e. The minimum absolute atomic E-state index is 0.509. The van der Waals surface area contributed by atoms with Crippen LogP contribution in [0.5, 0.6) is 0 Å². The van der Waals surface area contributed by atoms with Gasteiger partial charge in [0.15, 0.2) is 0 Å². The van der Waals surface area contributed by atoms with Crippen molar-refractivity contribution in [2.24, 2.45) is 11.8 Å². The molecule has 0 aliphatic carbocycles. The molecule has 3 atom stereocenters. The van der Waals surface area contributed by atoms with Gasteiger partial charge in [0.25, 0.3) is 0 Å². The molecule has 1 aromatic heterocycles. The van der Waals surface area contributed by atoms with Crippen molar-refractivity contribution in [2.45, 2.75) is 13.0 Å². The number of hydrogen-bond acceptors (Lipinski definition) is 3. The van der Waals surface area contributed by atoms with E-state index in [4.69, 9.17) is 4.42 Å². The SMILES string of the molecule is CC(c1ccoc1)N1C[C@H]2CNC[C@H]2C1. The summed E-state index contributed by atoms with van der Waals surface area (Å²) >= 11 is 0. The molecule has 0 bridgehead atoms. The predicted molar refractivity (Wildman–Crippen MR) is 58.5 cm³/mol. The lowest BCUT2D eigenvalue weighted by Crippen LogP contribution is -2.28. The van der Waals surface area contributed by atoms with E-state index in [1.54, 1.807) is 6.26 Å². The Morgan fingerprint density at radius 2 is 2.13 bits per heavy atom. The maximum absolute atomic E-state index is 5.15. The van der Waals surface area contributed by atoms with Crippen molar-refractivity contribution < 1.29 is 4.42 Å². The molecule has 0 aromatic carbocycles. The molecule has 0 saturated carbocycles. The van der Waals surface area contributed by atoms with Crippen molar-refractivity contribution >= 4 is 0 Å². The zero-order valence-electron chi connectivity index (χ0n) is 9.15. The second-order valence-corrected chi connectivity index (χ2v) is 4.86. The Morgan fingerprint density at radius 1 is 1.40 bits per heavy atom. The Labute approximate surface area is 90.4 Å². The maximum atomic E-state index is 5.15. The molecule has 15 heavy (non-hydrogen) atoms. The Hall–Kier alpha value is -0.800. The summed E-state index contributed by atoms with van der Waals surface area (Å²) in [6.07, 6.45) is 3.64. The molecule has 0 spiro atoms. The maximum Gasteiger partial charge on any atom is 0.0950 e. The molecule has 3 heteroatoms. The van der Waals surface area contributed by atoms with Crippen LogP contribution in [0.3, 0.4) is 0 Å². The summed E-state index contributed by atoms with van der Waals surface area (Å²) in [5.74, 6) is 1.75. The Balaban J connectivity index is 1.69. The van der Waals surface area contributed by atoms with Crippen LogP contribution in [-0.2, 0) is 0 Å². The molecule has 0 radical (unpaired) electrons. The van der Waals surface area contributed by atoms with E-state index in [1.807, 2.05) is 6.26 Å². The molecule has 3 rings (SSSR count). The van der Waals surface area contributed by atoms with Crippen molar-refractivity contribution in [1.82, 2.24) is 10.2 Å². The Bertz CT molecular complexity index is 310. The van der Waals surface area contributed by atoms with Crippen LogP contribution in [0.2, 0.25) is 0 Å². The third-order valence-electron chi connectivity index (χ3n) is 3.99. The molecule has 2 fully saturated rings. The molecule has 0 amide bonds. The molecule has 1 aromatic rings. The molecule has 1 N–H and O–H groups in total. The first-order valence-corrected chi connectivity index (χ1v) is 5.81. The standard InChI is InChI=1S/C12H18N2O/c1-9(10-2-3-15-8-10)14-6-11-4-13-5-12(11)7-14/h2-3,8-9,11-13H,4-7H2,1H3/t9?,11-,12+. The third kappa shape index (κ3) is 1.60. The highest BCUT2D eigenvalue weighted by atomic mass is 16.3. The number of furan rings is 1. The average Bonchev–Trinajstić information content (AvgIpc) is 2.92. The van der Waals surface area contributed by atoms with E-state index in [0.717, 1.165) is 11.8 Å². The number of fused-ring (bicyclic) bond motifs is 1. The minimum atomic E-state index is 0.509. The van der Waals surface area contributed by atoms with Crippen LogP contribution in [0, 0.1) is 11.8 Å². The van der Waals surface area contributed by atoms with Crippen LogP contribution < -0.4 is 5.32 Å². The van der Waals surface area contributed by atoms with Gasteiger partial charge in [0.2, 0.25) is 0 Å². The molecule has 2 aliphatic heterocycles. The van der Waals surface area contributed by atoms with Crippen molar-refractivity contribution in [3.63, 3.8) is 0 Å². The van der Waals surface area contributed by atoms with E-state index in [0.29, 0.717) is 6.04 Å². The average molecular weight is 206 g/mol. The van der Waals surface area contributed by atoms with Gasteiger partial charge in [-0.3, -0.25) is 4.90 Å². The van der Waals surface area contributed by atoms with Gasteiger partial charge in [-0.25, -0.2) is 0 Å². The summed E-state index contributed by atoms with van der Waals surface area (Å²) in [4.78, 5) is 2.58. The molecule has 3 heterocycles. The second kappa shape index (κ2) is 3.65. The van der Waals surface area contributed by atoms with Crippen LogP contribution in [0.1, 0.15) is 18.5 Å². The lowest BCUT2D eigenvalue weighted by atomic mass is 10.0.